The molecule has 3 rings (SSSR count). The van der Waals surface area contributed by atoms with Gasteiger partial charge in [-0.05, 0) is 26.3 Å². The van der Waals surface area contributed by atoms with Gasteiger partial charge in [0.2, 0.25) is 0 Å². The van der Waals surface area contributed by atoms with Crippen LogP contribution in [0.5, 0.6) is 0 Å². The van der Waals surface area contributed by atoms with Crippen LogP contribution < -0.4 is 10.6 Å². The van der Waals surface area contributed by atoms with Crippen molar-refractivity contribution >= 4 is 22.3 Å². The van der Waals surface area contributed by atoms with Crippen LogP contribution >= 0.6 is 11.3 Å². The van der Waals surface area contributed by atoms with Gasteiger partial charge in [0.05, 0.1) is 6.04 Å². The molecule has 1 aliphatic heterocycles. The molecule has 0 aliphatic carbocycles. The van der Waals surface area contributed by atoms with Crippen LogP contribution in [0.3, 0.4) is 0 Å². The molecule has 100 valence electrons. The van der Waals surface area contributed by atoms with E-state index in [-0.39, 0.29) is 6.04 Å². The lowest BCUT2D eigenvalue weighted by Crippen LogP contribution is -2.28. The van der Waals surface area contributed by atoms with Crippen LogP contribution in [0.25, 0.3) is 0 Å². The zero-order valence-corrected chi connectivity index (χ0v) is 11.7. The molecule has 5 nitrogen and oxygen atoms in total. The van der Waals surface area contributed by atoms with E-state index in [0.717, 1.165) is 35.4 Å². The Balaban J connectivity index is 1.82. The van der Waals surface area contributed by atoms with E-state index in [4.69, 9.17) is 0 Å². The standard InChI is InChI=1S/C13H17N5S/c1-9-8-11(18-13-15-6-7-19-13)17-12(16-9)10-4-2-3-5-14-10/h6-8,10,14H,2-5H2,1H3,(H,15,16,17,18)/t10-/m1/s1. The first-order chi connectivity index (χ1) is 9.31. The minimum Gasteiger partial charge on any atom is -0.316 e. The zero-order chi connectivity index (χ0) is 13.1. The van der Waals surface area contributed by atoms with Gasteiger partial charge in [-0.3, -0.25) is 0 Å². The molecule has 1 atom stereocenters. The van der Waals surface area contributed by atoms with Crippen LogP contribution in [-0.2, 0) is 0 Å². The van der Waals surface area contributed by atoms with Crippen molar-refractivity contribution in [3.05, 3.63) is 29.2 Å². The van der Waals surface area contributed by atoms with Crippen molar-refractivity contribution in [2.45, 2.75) is 32.2 Å². The summed E-state index contributed by atoms with van der Waals surface area (Å²) in [6.07, 6.45) is 5.38. The second kappa shape index (κ2) is 5.63. The first kappa shape index (κ1) is 12.5. The second-order valence-electron chi connectivity index (χ2n) is 4.72. The molecule has 6 heteroatoms. The van der Waals surface area contributed by atoms with E-state index in [1.807, 2.05) is 18.4 Å². The van der Waals surface area contributed by atoms with Gasteiger partial charge in [-0.15, -0.1) is 11.3 Å². The Morgan fingerprint density at radius 3 is 3.05 bits per heavy atom. The fourth-order valence-electron chi connectivity index (χ4n) is 2.28. The molecule has 1 saturated heterocycles. The van der Waals surface area contributed by atoms with Crippen molar-refractivity contribution in [1.82, 2.24) is 20.3 Å². The maximum Gasteiger partial charge on any atom is 0.188 e. The fraction of sp³-hybridized carbons (Fsp3) is 0.462. The third kappa shape index (κ3) is 3.08. The van der Waals surface area contributed by atoms with Gasteiger partial charge in [0.25, 0.3) is 0 Å². The quantitative estimate of drug-likeness (QED) is 0.902. The van der Waals surface area contributed by atoms with Gasteiger partial charge in [-0.2, -0.15) is 0 Å². The highest BCUT2D eigenvalue weighted by Gasteiger charge is 2.18. The highest BCUT2D eigenvalue weighted by molar-refractivity contribution is 7.13. The number of nitrogens with one attached hydrogen (secondary N) is 2. The third-order valence-corrected chi connectivity index (χ3v) is 3.85. The summed E-state index contributed by atoms with van der Waals surface area (Å²) in [6, 6.07) is 2.23. The van der Waals surface area contributed by atoms with Crippen LogP contribution in [0.4, 0.5) is 10.9 Å². The summed E-state index contributed by atoms with van der Waals surface area (Å²) >= 11 is 1.57. The van der Waals surface area contributed by atoms with Gasteiger partial charge in [0.15, 0.2) is 5.13 Å². The van der Waals surface area contributed by atoms with Gasteiger partial charge in [-0.1, -0.05) is 6.42 Å². The zero-order valence-electron chi connectivity index (χ0n) is 10.9. The number of thiazole rings is 1. The second-order valence-corrected chi connectivity index (χ2v) is 5.61. The molecule has 0 spiro atoms. The number of hydrogen-bond acceptors (Lipinski definition) is 6. The van der Waals surface area contributed by atoms with Gasteiger partial charge in [-0.25, -0.2) is 15.0 Å². The SMILES string of the molecule is Cc1cc(Nc2nccs2)nc([C@H]2CCCCN2)n1. The minimum absolute atomic E-state index is 0.283. The van der Waals surface area contributed by atoms with Gasteiger partial charge < -0.3 is 10.6 Å². The Bertz CT molecular complexity index is 534. The molecule has 2 aromatic heterocycles. The molecule has 0 amide bonds. The van der Waals surface area contributed by atoms with Crippen molar-refractivity contribution < 1.29 is 0 Å². The average Bonchev–Trinajstić information content (AvgIpc) is 2.92. The van der Waals surface area contributed by atoms with Crippen molar-refractivity contribution in [1.29, 1.82) is 0 Å². The Labute approximate surface area is 116 Å². The molecule has 2 N–H and O–H groups in total. The highest BCUT2D eigenvalue weighted by Crippen LogP contribution is 2.23. The van der Waals surface area contributed by atoms with Crippen LogP contribution in [0.1, 0.15) is 36.8 Å². The topological polar surface area (TPSA) is 62.7 Å². The lowest BCUT2D eigenvalue weighted by atomic mass is 10.0. The highest BCUT2D eigenvalue weighted by atomic mass is 32.1. The van der Waals surface area contributed by atoms with Crippen LogP contribution in [0, 0.1) is 6.92 Å². The summed E-state index contributed by atoms with van der Waals surface area (Å²) in [7, 11) is 0. The summed E-state index contributed by atoms with van der Waals surface area (Å²) in [5, 5.41) is 9.52. The number of rotatable bonds is 3. The lowest BCUT2D eigenvalue weighted by molar-refractivity contribution is 0.397. The Hall–Kier alpha value is -1.53. The van der Waals surface area contributed by atoms with E-state index >= 15 is 0 Å². The van der Waals surface area contributed by atoms with E-state index in [9.17, 15) is 0 Å². The maximum atomic E-state index is 4.61. The molecule has 19 heavy (non-hydrogen) atoms. The maximum absolute atomic E-state index is 4.61. The summed E-state index contributed by atoms with van der Waals surface area (Å²) < 4.78 is 0. The monoisotopic (exact) mass is 275 g/mol. The fourth-order valence-corrected chi connectivity index (χ4v) is 2.81. The van der Waals surface area contributed by atoms with Crippen LogP contribution in [-0.4, -0.2) is 21.5 Å². The number of hydrogen-bond donors (Lipinski definition) is 2. The predicted molar refractivity (Wildman–Crippen MR) is 76.8 cm³/mol. The number of aryl methyl sites for hydroxylation is 1. The molecule has 1 fully saturated rings. The molecule has 3 heterocycles. The van der Waals surface area contributed by atoms with E-state index in [0.29, 0.717) is 0 Å². The van der Waals surface area contributed by atoms with E-state index < -0.39 is 0 Å². The molecule has 2 aromatic rings. The van der Waals surface area contributed by atoms with Gasteiger partial charge >= 0.3 is 0 Å². The summed E-state index contributed by atoms with van der Waals surface area (Å²) in [5.41, 5.74) is 0.983. The molecule has 0 saturated carbocycles. The number of aromatic nitrogens is 3. The van der Waals surface area contributed by atoms with Crippen molar-refractivity contribution in [2.24, 2.45) is 0 Å². The Morgan fingerprint density at radius 2 is 2.32 bits per heavy atom. The molecule has 0 aromatic carbocycles. The number of nitrogens with zero attached hydrogens (tertiary/aromatic N) is 3. The summed E-state index contributed by atoms with van der Waals surface area (Å²) in [6.45, 7) is 3.05. The molecular formula is C13H17N5S. The Kier molecular flexibility index (Phi) is 3.70. The van der Waals surface area contributed by atoms with E-state index in [1.54, 1.807) is 17.5 Å². The molecular weight excluding hydrogens is 258 g/mol. The molecule has 0 bridgehead atoms. The average molecular weight is 275 g/mol. The smallest absolute Gasteiger partial charge is 0.188 e. The van der Waals surface area contributed by atoms with Crippen LogP contribution in [0.2, 0.25) is 0 Å². The van der Waals surface area contributed by atoms with Crippen molar-refractivity contribution in [3.8, 4) is 0 Å². The molecule has 0 radical (unpaired) electrons. The van der Waals surface area contributed by atoms with E-state index in [2.05, 4.69) is 25.6 Å². The minimum atomic E-state index is 0.283. The van der Waals surface area contributed by atoms with E-state index in [1.165, 1.54) is 12.8 Å². The van der Waals surface area contributed by atoms with Crippen LogP contribution in [0.15, 0.2) is 17.6 Å². The Morgan fingerprint density at radius 1 is 1.37 bits per heavy atom. The summed E-state index contributed by atoms with van der Waals surface area (Å²) in [5.74, 6) is 1.71. The molecule has 1 aliphatic rings. The lowest BCUT2D eigenvalue weighted by Gasteiger charge is -2.22. The van der Waals surface area contributed by atoms with Crippen molar-refractivity contribution in [3.63, 3.8) is 0 Å². The predicted octanol–water partition coefficient (Wildman–Crippen LogP) is 2.80. The van der Waals surface area contributed by atoms with Gasteiger partial charge in [0.1, 0.15) is 11.6 Å². The normalized spacial score (nSPS) is 19.3. The number of anilines is 2. The third-order valence-electron chi connectivity index (χ3n) is 3.16. The number of piperidine rings is 1. The van der Waals surface area contributed by atoms with Crippen molar-refractivity contribution in [2.75, 3.05) is 11.9 Å². The first-order valence-electron chi connectivity index (χ1n) is 6.57. The first-order valence-corrected chi connectivity index (χ1v) is 7.45. The van der Waals surface area contributed by atoms with Gasteiger partial charge in [0, 0.05) is 23.3 Å². The molecule has 0 unspecified atom stereocenters. The summed E-state index contributed by atoms with van der Waals surface area (Å²) in [4.78, 5) is 13.4. The largest absolute Gasteiger partial charge is 0.316 e.